The summed E-state index contributed by atoms with van der Waals surface area (Å²) in [6.45, 7) is 11.3. The van der Waals surface area contributed by atoms with Crippen molar-refractivity contribution in [3.63, 3.8) is 0 Å². The van der Waals surface area contributed by atoms with E-state index in [0.29, 0.717) is 41.9 Å². The first-order chi connectivity index (χ1) is 31.7. The van der Waals surface area contributed by atoms with E-state index in [9.17, 15) is 38.4 Å². The zero-order valence-electron chi connectivity index (χ0n) is 40.6. The van der Waals surface area contributed by atoms with Crippen molar-refractivity contribution in [1.82, 2.24) is 5.32 Å². The van der Waals surface area contributed by atoms with Crippen LogP contribution in [0.4, 0.5) is 0 Å². The number of rotatable bonds is 18. The van der Waals surface area contributed by atoms with E-state index in [1.807, 2.05) is 0 Å². The van der Waals surface area contributed by atoms with E-state index in [-0.39, 0.29) is 59.4 Å². The van der Waals surface area contributed by atoms with Gasteiger partial charge < -0.3 is 58.9 Å². The predicted octanol–water partition coefficient (Wildman–Crippen LogP) is 4.42. The van der Waals surface area contributed by atoms with Crippen molar-refractivity contribution in [2.75, 3.05) is 45.4 Å². The first-order valence-corrected chi connectivity index (χ1v) is 27.0. The van der Waals surface area contributed by atoms with Crippen LogP contribution in [0, 0.1) is 52.3 Å². The summed E-state index contributed by atoms with van der Waals surface area (Å²) >= 11 is 0. The third kappa shape index (κ3) is 11.8. The summed E-state index contributed by atoms with van der Waals surface area (Å²) in [5, 5.41) is 47.3. The lowest BCUT2D eigenvalue weighted by atomic mass is 9.44. The maximum atomic E-state index is 13.4. The molecule has 380 valence electrons. The fourth-order valence-electron chi connectivity index (χ4n) is 13.7. The Morgan fingerprint density at radius 3 is 2.21 bits per heavy atom. The molecule has 2 saturated heterocycles. The van der Waals surface area contributed by atoms with Gasteiger partial charge in [0.15, 0.2) is 24.8 Å². The topological polar surface area (TPSA) is 226 Å². The van der Waals surface area contributed by atoms with Gasteiger partial charge >= 0.3 is 11.9 Å². The molecule has 1 aromatic carbocycles. The summed E-state index contributed by atoms with van der Waals surface area (Å²) < 4.78 is 65.8. The number of hydrogen-bond acceptors (Lipinski definition) is 16. The number of benzene rings is 1. The largest absolute Gasteiger partial charge is 0.497 e. The number of carbonyl (C=O) groups excluding carboxylic acids is 2. The monoisotopic (exact) mass is 966 g/mol. The molecule has 4 saturated carbocycles. The molecule has 2 heterocycles. The van der Waals surface area contributed by atoms with Crippen LogP contribution in [0.1, 0.15) is 116 Å². The number of aliphatic hydroxyl groups is 4. The van der Waals surface area contributed by atoms with E-state index in [4.69, 9.17) is 33.2 Å². The Labute approximate surface area is 397 Å². The van der Waals surface area contributed by atoms with E-state index in [0.717, 1.165) is 77.2 Å². The van der Waals surface area contributed by atoms with E-state index in [1.54, 1.807) is 12.1 Å². The highest BCUT2D eigenvalue weighted by Crippen LogP contribution is 2.69. The number of methoxy groups -OCH3 is 1. The van der Waals surface area contributed by atoms with Gasteiger partial charge in [0.1, 0.15) is 40.0 Å². The van der Waals surface area contributed by atoms with Crippen LogP contribution < -0.4 is 10.1 Å². The lowest BCUT2D eigenvalue weighted by Crippen LogP contribution is -2.62. The number of nitrogens with one attached hydrogen (secondary N) is 1. The fraction of sp³-hybridized carbons (Fsp3) is 0.840. The van der Waals surface area contributed by atoms with E-state index in [2.05, 4.69) is 33.0 Å². The first-order valence-electron chi connectivity index (χ1n) is 24.9. The summed E-state index contributed by atoms with van der Waals surface area (Å²) in [6.07, 6.45) is 0.469. The van der Waals surface area contributed by atoms with Gasteiger partial charge in [0.2, 0.25) is 0 Å². The molecule has 0 aromatic heterocycles. The second-order valence-corrected chi connectivity index (χ2v) is 24.0. The van der Waals surface area contributed by atoms with Crippen molar-refractivity contribution in [2.24, 2.45) is 52.3 Å². The molecule has 0 bridgehead atoms. The number of fused-ring (bicyclic) bond motifs is 5. The normalized spacial score (nSPS) is 40.7. The molecule has 16 nitrogen and oxygen atoms in total. The van der Waals surface area contributed by atoms with Crippen molar-refractivity contribution in [2.45, 2.75) is 167 Å². The zero-order chi connectivity index (χ0) is 48.4. The molecule has 17 heteroatoms. The molecule has 0 amide bonds. The molecule has 1 aromatic rings. The van der Waals surface area contributed by atoms with Crippen LogP contribution in [0.25, 0.3) is 0 Å². The molecule has 5 N–H and O–H groups in total. The molecular formula is C50H79NO15S. The molecule has 0 spiro atoms. The maximum Gasteiger partial charge on any atom is 0.338 e. The lowest BCUT2D eigenvalue weighted by Gasteiger charge is -2.61. The molecule has 4 aliphatic carbocycles. The smallest absolute Gasteiger partial charge is 0.338 e. The van der Waals surface area contributed by atoms with Gasteiger partial charge in [0.25, 0.3) is 0 Å². The Morgan fingerprint density at radius 2 is 1.52 bits per heavy atom. The van der Waals surface area contributed by atoms with Gasteiger partial charge in [0.05, 0.1) is 43.8 Å². The van der Waals surface area contributed by atoms with Crippen LogP contribution in [0.2, 0.25) is 0 Å². The number of hydrogen-bond donors (Lipinski definition) is 5. The number of esters is 2. The first kappa shape index (κ1) is 52.4. The number of aliphatic hydroxyl groups excluding tert-OH is 4. The molecule has 6 aliphatic rings. The SMILES string of the molecule is COc1ccc(C(=O)O[C@@H]2C(O)[C@H](O)CO[C@H]2OC2[C@@H](OC(C)=O)[C@@H](O[C@H]3CC4C5CC[C@H]6C[C@@H](O)CC[C@]6(C)C5CC[C@]4(C)[C@H]3[C@H](C)CCC[C@@H](C)CNCCS(C)(=O)=O)OC[C@@H]2O)cc1. The predicted molar refractivity (Wildman–Crippen MR) is 246 cm³/mol. The van der Waals surface area contributed by atoms with Crippen molar-refractivity contribution < 1.29 is 71.6 Å². The Bertz CT molecular complexity index is 1920. The minimum atomic E-state index is -3.03. The zero-order valence-corrected chi connectivity index (χ0v) is 41.4. The van der Waals surface area contributed by atoms with Crippen LogP contribution in [-0.2, 0) is 43.1 Å². The maximum absolute atomic E-state index is 13.4. The van der Waals surface area contributed by atoms with Crippen molar-refractivity contribution in [3.05, 3.63) is 29.8 Å². The van der Waals surface area contributed by atoms with Crippen molar-refractivity contribution in [3.8, 4) is 5.75 Å². The van der Waals surface area contributed by atoms with E-state index >= 15 is 0 Å². The summed E-state index contributed by atoms with van der Waals surface area (Å²) in [5.41, 5.74) is 0.267. The van der Waals surface area contributed by atoms with Gasteiger partial charge in [-0.05, 0) is 141 Å². The minimum Gasteiger partial charge on any atom is -0.497 e. The average Bonchev–Trinajstić information content (AvgIpc) is 3.58. The van der Waals surface area contributed by atoms with Gasteiger partial charge in [-0.25, -0.2) is 13.2 Å². The van der Waals surface area contributed by atoms with Crippen LogP contribution in [0.15, 0.2) is 24.3 Å². The van der Waals surface area contributed by atoms with Crippen molar-refractivity contribution in [1.29, 1.82) is 0 Å². The molecular weight excluding hydrogens is 887 g/mol. The molecule has 6 fully saturated rings. The third-order valence-corrected chi connectivity index (χ3v) is 18.1. The highest BCUT2D eigenvalue weighted by Gasteiger charge is 2.64. The average molecular weight is 966 g/mol. The Kier molecular flexibility index (Phi) is 17.1. The fourth-order valence-corrected chi connectivity index (χ4v) is 14.2. The van der Waals surface area contributed by atoms with E-state index in [1.165, 1.54) is 32.4 Å². The van der Waals surface area contributed by atoms with Gasteiger partial charge in [-0.15, -0.1) is 0 Å². The van der Waals surface area contributed by atoms with Gasteiger partial charge in [-0.1, -0.05) is 40.5 Å². The van der Waals surface area contributed by atoms with Crippen molar-refractivity contribution >= 4 is 21.8 Å². The number of carbonyl (C=O) groups is 2. The summed E-state index contributed by atoms with van der Waals surface area (Å²) in [7, 11) is -1.53. The molecule has 0 radical (unpaired) electrons. The molecule has 5 unspecified atom stereocenters. The molecule has 7 rings (SSSR count). The summed E-state index contributed by atoms with van der Waals surface area (Å²) in [4.78, 5) is 26.3. The van der Waals surface area contributed by atoms with Gasteiger partial charge in [-0.3, -0.25) is 4.79 Å². The summed E-state index contributed by atoms with van der Waals surface area (Å²) in [5.74, 6) is 1.80. The Balaban J connectivity index is 1.11. The Morgan fingerprint density at radius 1 is 0.836 bits per heavy atom. The number of ether oxygens (including phenoxy) is 7. The molecule has 19 atom stereocenters. The van der Waals surface area contributed by atoms with Crippen LogP contribution >= 0.6 is 0 Å². The standard InChI is InChI=1S/C50H79NO15S/c1-28(25-51-21-22-67(7,58)59)9-8-10-29(2)41-40(24-37-35-16-13-32-23-33(53)17-19-49(32,4)36(35)18-20-50(37,41)5)64-48-45(63-30(3)52)43(39(55)27-62-48)66-47-44(42(56)38(54)26-61-47)65-46(57)31-11-14-34(60-6)15-12-31/h11-12,14-15,28-29,32-33,35-45,47-48,51,53-56H,8-10,13,16-27H2,1-7H3/t28-,29-,32+,33+,35?,36?,37?,38-,39+,40+,41+,42?,43?,44-,45-,47+,48-,49+,50+/m1/s1. The number of sulfone groups is 1. The van der Waals surface area contributed by atoms with E-state index < -0.39 is 71.0 Å². The summed E-state index contributed by atoms with van der Waals surface area (Å²) in [6, 6.07) is 6.16. The quantitative estimate of drug-likeness (QED) is 0.101. The van der Waals surface area contributed by atoms with Crippen LogP contribution in [0.5, 0.6) is 5.75 Å². The minimum absolute atomic E-state index is 0.0592. The Hall–Kier alpha value is -2.45. The molecule has 2 aliphatic heterocycles. The highest BCUT2D eigenvalue weighted by atomic mass is 32.2. The third-order valence-electron chi connectivity index (χ3n) is 17.1. The molecule has 67 heavy (non-hydrogen) atoms. The second kappa shape index (κ2) is 21.9. The van der Waals surface area contributed by atoms with Gasteiger partial charge in [0, 0.05) is 19.7 Å². The highest BCUT2D eigenvalue weighted by molar-refractivity contribution is 7.90. The van der Waals surface area contributed by atoms with Crippen LogP contribution in [-0.4, -0.2) is 148 Å². The lowest BCUT2D eigenvalue weighted by molar-refractivity contribution is -0.340. The van der Waals surface area contributed by atoms with Gasteiger partial charge in [-0.2, -0.15) is 0 Å². The van der Waals surface area contributed by atoms with Crippen LogP contribution in [0.3, 0.4) is 0 Å². The second-order valence-electron chi connectivity index (χ2n) is 21.7.